The van der Waals surface area contributed by atoms with Crippen molar-refractivity contribution in [3.8, 4) is 34.5 Å². The molecule has 0 aromatic heterocycles. The molecule has 3 aromatic carbocycles. The Morgan fingerprint density at radius 1 is 0.417 bits per heavy atom. The zero-order valence-electron chi connectivity index (χ0n) is 51.7. The number of ether oxygens (including phenoxy) is 10. The lowest BCUT2D eigenvalue weighted by Crippen LogP contribution is -2.45. The van der Waals surface area contributed by atoms with Crippen LogP contribution >= 0.6 is 0 Å². The van der Waals surface area contributed by atoms with Crippen molar-refractivity contribution in [2.24, 2.45) is 34.5 Å². The van der Waals surface area contributed by atoms with E-state index in [0.717, 1.165) is 156 Å². The molecule has 0 amide bonds. The van der Waals surface area contributed by atoms with Gasteiger partial charge in [0.25, 0.3) is 0 Å². The SMILES string of the molecule is CCCCCCC1CCC(C(=O)Oc2cc(OC(=O)c3ccc(OCCCCCCOCC4(CC)COC4)cc3)c(OC(=O)C3CCC(CCCCCC)CC3)cc2OC(=O)c2ccc(OCCCCCCOCC3(CC)COC3)cc2)CC1. The maximum Gasteiger partial charge on any atom is 0.343 e. The number of esters is 4. The molecule has 14 heteroatoms. The van der Waals surface area contributed by atoms with Gasteiger partial charge < -0.3 is 47.4 Å². The Bertz CT molecular complexity index is 2220. The zero-order chi connectivity index (χ0) is 59.2. The molecule has 0 radical (unpaired) electrons. The summed E-state index contributed by atoms with van der Waals surface area (Å²) in [6, 6.07) is 16.1. The lowest BCUT2D eigenvalue weighted by molar-refractivity contribution is -0.150. The van der Waals surface area contributed by atoms with Gasteiger partial charge in [-0.05, 0) is 163 Å². The highest BCUT2D eigenvalue weighted by atomic mass is 16.6. The number of carbonyl (C=O) groups excluding carboxylic acids is 4. The minimum Gasteiger partial charge on any atom is -0.494 e. The fraction of sp³-hybridized carbons (Fsp3) is 0.686. The first kappa shape index (κ1) is 66.5. The Balaban J connectivity index is 1.01. The summed E-state index contributed by atoms with van der Waals surface area (Å²) in [5, 5.41) is 0. The van der Waals surface area contributed by atoms with Gasteiger partial charge in [-0.3, -0.25) is 9.59 Å². The topological polar surface area (TPSA) is 161 Å². The van der Waals surface area contributed by atoms with Crippen LogP contribution in [0.2, 0.25) is 0 Å². The van der Waals surface area contributed by atoms with E-state index in [1.165, 1.54) is 63.5 Å². The quantitative estimate of drug-likeness (QED) is 0.0300. The molecule has 3 aromatic rings. The van der Waals surface area contributed by atoms with E-state index in [9.17, 15) is 19.2 Å². The molecule has 7 rings (SSSR count). The fourth-order valence-corrected chi connectivity index (χ4v) is 11.8. The molecule has 0 N–H and O–H groups in total. The molecule has 0 atom stereocenters. The molecule has 4 fully saturated rings. The second kappa shape index (κ2) is 36.2. The van der Waals surface area contributed by atoms with Gasteiger partial charge in [0, 0.05) is 36.2 Å². The van der Waals surface area contributed by atoms with Crippen molar-refractivity contribution in [3.05, 3.63) is 71.8 Å². The summed E-state index contributed by atoms with van der Waals surface area (Å²) < 4.78 is 59.3. The first-order valence-electron chi connectivity index (χ1n) is 32.9. The van der Waals surface area contributed by atoms with Crippen molar-refractivity contribution in [1.82, 2.24) is 0 Å². The third-order valence-electron chi connectivity index (χ3n) is 18.2. The van der Waals surface area contributed by atoms with Crippen LogP contribution in [0.3, 0.4) is 0 Å². The monoisotopic (exact) mass is 1170 g/mol. The van der Waals surface area contributed by atoms with Gasteiger partial charge in [0.1, 0.15) is 11.5 Å². The predicted octanol–water partition coefficient (Wildman–Crippen LogP) is 16.3. The van der Waals surface area contributed by atoms with Crippen LogP contribution in [-0.2, 0) is 28.5 Å². The third kappa shape index (κ3) is 21.7. The van der Waals surface area contributed by atoms with Crippen LogP contribution in [0.15, 0.2) is 60.7 Å². The lowest BCUT2D eigenvalue weighted by Gasteiger charge is -2.40. The molecular weight excluding hydrogens is 1060 g/mol. The molecule has 14 nitrogen and oxygen atoms in total. The van der Waals surface area contributed by atoms with Crippen molar-refractivity contribution in [2.75, 3.05) is 66.1 Å². The second-order valence-corrected chi connectivity index (χ2v) is 24.9. The van der Waals surface area contributed by atoms with E-state index in [1.54, 1.807) is 48.5 Å². The van der Waals surface area contributed by atoms with Gasteiger partial charge in [0.15, 0.2) is 23.0 Å². The fourth-order valence-electron chi connectivity index (χ4n) is 11.8. The summed E-state index contributed by atoms with van der Waals surface area (Å²) in [5.74, 6) is -1.33. The molecular formula is C70H102O14. The summed E-state index contributed by atoms with van der Waals surface area (Å²) in [6.45, 7) is 16.0. The molecule has 4 aliphatic rings. The van der Waals surface area contributed by atoms with E-state index in [4.69, 9.17) is 47.4 Å². The molecule has 2 heterocycles. The van der Waals surface area contributed by atoms with E-state index in [-0.39, 0.29) is 56.8 Å². The van der Waals surface area contributed by atoms with E-state index in [1.807, 2.05) is 0 Å². The Hall–Kier alpha value is -5.02. The molecule has 0 unspecified atom stereocenters. The molecule has 2 aliphatic carbocycles. The van der Waals surface area contributed by atoms with Gasteiger partial charge in [0.05, 0.1) is 75.8 Å². The number of hydrogen-bond donors (Lipinski definition) is 0. The number of carbonyl (C=O) groups is 4. The molecule has 84 heavy (non-hydrogen) atoms. The maximum absolute atomic E-state index is 14.2. The normalized spacial score (nSPS) is 19.8. The molecule has 466 valence electrons. The summed E-state index contributed by atoms with van der Waals surface area (Å²) in [7, 11) is 0. The Morgan fingerprint density at radius 3 is 1.10 bits per heavy atom. The number of unbranched alkanes of at least 4 members (excludes halogenated alkanes) is 12. The Labute approximate surface area is 502 Å². The second-order valence-electron chi connectivity index (χ2n) is 24.9. The lowest BCUT2D eigenvalue weighted by atomic mass is 9.80. The van der Waals surface area contributed by atoms with Gasteiger partial charge in [-0.1, -0.05) is 105 Å². The van der Waals surface area contributed by atoms with Gasteiger partial charge in [-0.2, -0.15) is 0 Å². The first-order valence-corrected chi connectivity index (χ1v) is 32.9. The third-order valence-corrected chi connectivity index (χ3v) is 18.2. The van der Waals surface area contributed by atoms with E-state index < -0.39 is 23.9 Å². The van der Waals surface area contributed by atoms with E-state index >= 15 is 0 Å². The molecule has 0 bridgehead atoms. The van der Waals surface area contributed by atoms with Crippen LogP contribution < -0.4 is 28.4 Å². The number of benzene rings is 3. The molecule has 0 spiro atoms. The summed E-state index contributed by atoms with van der Waals surface area (Å²) >= 11 is 0. The highest BCUT2D eigenvalue weighted by molar-refractivity contribution is 5.93. The predicted molar refractivity (Wildman–Crippen MR) is 326 cm³/mol. The van der Waals surface area contributed by atoms with Gasteiger partial charge >= 0.3 is 23.9 Å². The standard InChI is InChI=1S/C70H102O14/c1-5-9-11-17-23-53-25-29-55(30-26-53)65(71)81-61-45-64(84-68(74)58-35-39-60(40-36-58)80-44-22-16-14-20-42-76-48-70(8-4)51-78-52-70)62(82-66(72)56-31-27-54(28-32-56)24-18-12-10-6-2)46-63(61)83-67(73)57-33-37-59(38-34-57)79-43-21-15-13-19-41-75-47-69(7-3)49-77-50-69/h33-40,45-46,53-56H,5-32,41-44,47-52H2,1-4H3. The average Bonchev–Trinajstić information content (AvgIpc) is 2.82. The summed E-state index contributed by atoms with van der Waals surface area (Å²) in [4.78, 5) is 56.5. The van der Waals surface area contributed by atoms with Crippen LogP contribution in [0, 0.1) is 34.5 Å². The van der Waals surface area contributed by atoms with Crippen molar-refractivity contribution >= 4 is 23.9 Å². The molecule has 2 aliphatic heterocycles. The maximum atomic E-state index is 14.2. The van der Waals surface area contributed by atoms with Crippen LogP contribution in [0.1, 0.15) is 228 Å². The summed E-state index contributed by atoms with van der Waals surface area (Å²) in [5.41, 5.74) is 0.855. The highest BCUT2D eigenvalue weighted by Gasteiger charge is 2.38. The van der Waals surface area contributed by atoms with Crippen molar-refractivity contribution in [3.63, 3.8) is 0 Å². The average molecular weight is 1170 g/mol. The Kier molecular flexibility index (Phi) is 28.7. The zero-order valence-corrected chi connectivity index (χ0v) is 51.7. The largest absolute Gasteiger partial charge is 0.494 e. The highest BCUT2D eigenvalue weighted by Crippen LogP contribution is 2.44. The van der Waals surface area contributed by atoms with Crippen LogP contribution in [0.25, 0.3) is 0 Å². The first-order chi connectivity index (χ1) is 41.0. The van der Waals surface area contributed by atoms with Gasteiger partial charge in [-0.25, -0.2) is 9.59 Å². The van der Waals surface area contributed by atoms with Crippen molar-refractivity contribution < 1.29 is 66.5 Å². The molecule has 2 saturated heterocycles. The number of hydrogen-bond acceptors (Lipinski definition) is 14. The molecule has 2 saturated carbocycles. The van der Waals surface area contributed by atoms with E-state index in [2.05, 4.69) is 27.7 Å². The minimum atomic E-state index is -0.730. The van der Waals surface area contributed by atoms with Gasteiger partial charge in [-0.15, -0.1) is 0 Å². The van der Waals surface area contributed by atoms with Crippen LogP contribution in [0.4, 0.5) is 0 Å². The van der Waals surface area contributed by atoms with Gasteiger partial charge in [0.2, 0.25) is 0 Å². The number of rotatable bonds is 40. The van der Waals surface area contributed by atoms with Crippen molar-refractivity contribution in [2.45, 2.75) is 207 Å². The van der Waals surface area contributed by atoms with Crippen LogP contribution in [0.5, 0.6) is 34.5 Å². The van der Waals surface area contributed by atoms with Crippen LogP contribution in [-0.4, -0.2) is 89.9 Å². The smallest absolute Gasteiger partial charge is 0.343 e. The Morgan fingerprint density at radius 2 is 0.762 bits per heavy atom. The van der Waals surface area contributed by atoms with Crippen molar-refractivity contribution in [1.29, 1.82) is 0 Å². The minimum absolute atomic E-state index is 0.129. The van der Waals surface area contributed by atoms with E-state index in [0.29, 0.717) is 62.2 Å². The summed E-state index contributed by atoms with van der Waals surface area (Å²) in [6.07, 6.45) is 28.4.